The van der Waals surface area contributed by atoms with Crippen molar-refractivity contribution in [2.45, 2.75) is 13.5 Å². The van der Waals surface area contributed by atoms with Crippen LogP contribution in [0.25, 0.3) is 10.2 Å². The Morgan fingerprint density at radius 2 is 1.71 bits per heavy atom. The SMILES string of the molecule is COc1cc(C(=O)Nc2ccc3nc(C)sc3c2)cc(OC)c1OCc1ccccc1. The van der Waals surface area contributed by atoms with Crippen LogP contribution in [0.1, 0.15) is 20.9 Å². The molecule has 1 heterocycles. The van der Waals surface area contributed by atoms with Gasteiger partial charge >= 0.3 is 0 Å². The van der Waals surface area contributed by atoms with Crippen LogP contribution in [-0.4, -0.2) is 25.1 Å². The maximum atomic E-state index is 12.9. The van der Waals surface area contributed by atoms with Crippen LogP contribution in [0.5, 0.6) is 17.2 Å². The number of nitrogens with zero attached hydrogens (tertiary/aromatic N) is 1. The first kappa shape index (κ1) is 20.7. The van der Waals surface area contributed by atoms with Gasteiger partial charge in [0.2, 0.25) is 5.75 Å². The lowest BCUT2D eigenvalue weighted by Crippen LogP contribution is -2.12. The fraction of sp³-hybridized carbons (Fsp3) is 0.167. The molecule has 0 saturated heterocycles. The minimum atomic E-state index is -0.271. The van der Waals surface area contributed by atoms with E-state index in [-0.39, 0.29) is 5.91 Å². The Morgan fingerprint density at radius 1 is 1.00 bits per heavy atom. The van der Waals surface area contributed by atoms with Crippen molar-refractivity contribution < 1.29 is 19.0 Å². The zero-order valence-corrected chi connectivity index (χ0v) is 18.3. The Bertz CT molecular complexity index is 1200. The van der Waals surface area contributed by atoms with Crippen LogP contribution in [0.2, 0.25) is 0 Å². The van der Waals surface area contributed by atoms with Gasteiger partial charge in [0.05, 0.1) is 29.4 Å². The van der Waals surface area contributed by atoms with Gasteiger partial charge in [-0.2, -0.15) is 0 Å². The molecular formula is C24H22N2O4S. The van der Waals surface area contributed by atoms with Gasteiger partial charge in [0.25, 0.3) is 5.91 Å². The average molecular weight is 435 g/mol. The molecule has 0 aliphatic rings. The van der Waals surface area contributed by atoms with Crippen LogP contribution in [0.4, 0.5) is 5.69 Å². The fourth-order valence-electron chi connectivity index (χ4n) is 3.20. The first-order chi connectivity index (χ1) is 15.1. The number of aryl methyl sites for hydroxylation is 1. The standard InChI is InChI=1S/C24H22N2O4S/c1-15-25-19-10-9-18(13-22(19)31-15)26-24(27)17-11-20(28-2)23(21(12-17)29-3)30-14-16-7-5-4-6-8-16/h4-13H,14H2,1-3H3,(H,26,27). The molecule has 0 spiro atoms. The number of aromatic nitrogens is 1. The number of nitrogens with one attached hydrogen (secondary N) is 1. The monoisotopic (exact) mass is 434 g/mol. The third kappa shape index (κ3) is 4.62. The molecule has 0 saturated carbocycles. The predicted molar refractivity (Wildman–Crippen MR) is 123 cm³/mol. The van der Waals surface area contributed by atoms with Crippen LogP contribution in [0.15, 0.2) is 60.7 Å². The third-order valence-corrected chi connectivity index (χ3v) is 5.64. The smallest absolute Gasteiger partial charge is 0.255 e. The molecule has 1 amide bonds. The van der Waals surface area contributed by atoms with Gasteiger partial charge in [-0.1, -0.05) is 30.3 Å². The Labute approximate surface area is 184 Å². The third-order valence-electron chi connectivity index (χ3n) is 4.70. The van der Waals surface area contributed by atoms with Crippen LogP contribution >= 0.6 is 11.3 Å². The molecule has 0 unspecified atom stereocenters. The normalized spacial score (nSPS) is 10.7. The van der Waals surface area contributed by atoms with Crippen molar-refractivity contribution >= 4 is 33.1 Å². The number of ether oxygens (including phenoxy) is 3. The molecular weight excluding hydrogens is 412 g/mol. The van der Waals surface area contributed by atoms with Gasteiger partial charge in [0.1, 0.15) is 6.61 Å². The summed E-state index contributed by atoms with van der Waals surface area (Å²) in [6, 6.07) is 18.7. The largest absolute Gasteiger partial charge is 0.493 e. The van der Waals surface area contributed by atoms with Crippen molar-refractivity contribution in [1.82, 2.24) is 4.98 Å². The summed E-state index contributed by atoms with van der Waals surface area (Å²) in [5.74, 6) is 1.03. The van der Waals surface area contributed by atoms with E-state index in [0.717, 1.165) is 20.8 Å². The molecule has 0 aliphatic heterocycles. The average Bonchev–Trinajstić information content (AvgIpc) is 3.17. The number of hydrogen-bond donors (Lipinski definition) is 1. The molecule has 4 rings (SSSR count). The number of fused-ring (bicyclic) bond motifs is 1. The van der Waals surface area contributed by atoms with E-state index in [2.05, 4.69) is 10.3 Å². The Balaban J connectivity index is 1.57. The molecule has 158 valence electrons. The minimum absolute atomic E-state index is 0.271. The van der Waals surface area contributed by atoms with Crippen molar-refractivity contribution in [1.29, 1.82) is 0 Å². The molecule has 31 heavy (non-hydrogen) atoms. The summed E-state index contributed by atoms with van der Waals surface area (Å²) < 4.78 is 17.9. The summed E-state index contributed by atoms with van der Waals surface area (Å²) in [6.45, 7) is 2.32. The second-order valence-corrected chi connectivity index (χ2v) is 8.09. The molecule has 0 fully saturated rings. The molecule has 1 N–H and O–H groups in total. The molecule has 7 heteroatoms. The number of carbonyl (C=O) groups is 1. The van der Waals surface area contributed by atoms with Gasteiger partial charge in [0.15, 0.2) is 11.5 Å². The number of hydrogen-bond acceptors (Lipinski definition) is 6. The molecule has 0 bridgehead atoms. The minimum Gasteiger partial charge on any atom is -0.493 e. The first-order valence-corrected chi connectivity index (χ1v) is 10.5. The summed E-state index contributed by atoms with van der Waals surface area (Å²) in [7, 11) is 3.07. The maximum Gasteiger partial charge on any atom is 0.255 e. The van der Waals surface area contributed by atoms with E-state index in [9.17, 15) is 4.79 Å². The summed E-state index contributed by atoms with van der Waals surface area (Å²) in [6.07, 6.45) is 0. The first-order valence-electron chi connectivity index (χ1n) is 9.68. The van der Waals surface area contributed by atoms with E-state index in [1.165, 1.54) is 14.2 Å². The lowest BCUT2D eigenvalue weighted by Gasteiger charge is -2.16. The molecule has 3 aromatic carbocycles. The molecule has 0 radical (unpaired) electrons. The fourth-order valence-corrected chi connectivity index (χ4v) is 4.07. The highest BCUT2D eigenvalue weighted by Gasteiger charge is 2.18. The van der Waals surface area contributed by atoms with E-state index in [0.29, 0.717) is 35.1 Å². The molecule has 4 aromatic rings. The van der Waals surface area contributed by atoms with Gasteiger partial charge in [-0.05, 0) is 42.8 Å². The number of carbonyl (C=O) groups excluding carboxylic acids is 1. The van der Waals surface area contributed by atoms with Crippen molar-refractivity contribution in [3.05, 3.63) is 76.8 Å². The number of rotatable bonds is 7. The van der Waals surface area contributed by atoms with Crippen LogP contribution in [0.3, 0.4) is 0 Å². The van der Waals surface area contributed by atoms with Gasteiger partial charge < -0.3 is 19.5 Å². The summed E-state index contributed by atoms with van der Waals surface area (Å²) in [5.41, 5.74) is 3.04. The second-order valence-electron chi connectivity index (χ2n) is 6.85. The quantitative estimate of drug-likeness (QED) is 0.419. The Kier molecular flexibility index (Phi) is 6.04. The zero-order chi connectivity index (χ0) is 21.8. The predicted octanol–water partition coefficient (Wildman–Crippen LogP) is 5.45. The van der Waals surface area contributed by atoms with Crippen molar-refractivity contribution in [3.63, 3.8) is 0 Å². The summed E-state index contributed by atoms with van der Waals surface area (Å²) >= 11 is 1.59. The Morgan fingerprint density at radius 3 is 2.39 bits per heavy atom. The van der Waals surface area contributed by atoms with Crippen molar-refractivity contribution in [3.8, 4) is 17.2 Å². The lowest BCUT2D eigenvalue weighted by molar-refractivity contribution is 0.102. The zero-order valence-electron chi connectivity index (χ0n) is 17.5. The molecule has 0 aliphatic carbocycles. The lowest BCUT2D eigenvalue weighted by atomic mass is 10.1. The number of benzene rings is 3. The molecule has 0 atom stereocenters. The Hall–Kier alpha value is -3.58. The van der Waals surface area contributed by atoms with Crippen LogP contribution in [-0.2, 0) is 6.61 Å². The number of methoxy groups -OCH3 is 2. The summed E-state index contributed by atoms with van der Waals surface area (Å²) in [4.78, 5) is 17.4. The highest BCUT2D eigenvalue weighted by Crippen LogP contribution is 2.39. The maximum absolute atomic E-state index is 12.9. The van der Waals surface area contributed by atoms with Crippen LogP contribution in [0, 0.1) is 6.92 Å². The van der Waals surface area contributed by atoms with E-state index in [1.54, 1.807) is 23.5 Å². The van der Waals surface area contributed by atoms with Crippen molar-refractivity contribution in [2.75, 3.05) is 19.5 Å². The van der Waals surface area contributed by atoms with E-state index >= 15 is 0 Å². The molecule has 1 aromatic heterocycles. The number of thiazole rings is 1. The van der Waals surface area contributed by atoms with Crippen LogP contribution < -0.4 is 19.5 Å². The number of amides is 1. The van der Waals surface area contributed by atoms with Crippen molar-refractivity contribution in [2.24, 2.45) is 0 Å². The topological polar surface area (TPSA) is 69.7 Å². The summed E-state index contributed by atoms with van der Waals surface area (Å²) in [5, 5.41) is 3.91. The van der Waals surface area contributed by atoms with Gasteiger partial charge in [-0.25, -0.2) is 4.98 Å². The van der Waals surface area contributed by atoms with Gasteiger partial charge in [-0.15, -0.1) is 11.3 Å². The highest BCUT2D eigenvalue weighted by atomic mass is 32.1. The highest BCUT2D eigenvalue weighted by molar-refractivity contribution is 7.18. The van der Waals surface area contributed by atoms with E-state index < -0.39 is 0 Å². The van der Waals surface area contributed by atoms with Gasteiger partial charge in [0, 0.05) is 11.3 Å². The molecule has 6 nitrogen and oxygen atoms in total. The van der Waals surface area contributed by atoms with E-state index in [4.69, 9.17) is 14.2 Å². The second kappa shape index (κ2) is 9.06. The van der Waals surface area contributed by atoms with Gasteiger partial charge in [-0.3, -0.25) is 4.79 Å². The van der Waals surface area contributed by atoms with E-state index in [1.807, 2.05) is 55.5 Å². The number of anilines is 1.